The number of amides is 1. The van der Waals surface area contributed by atoms with Gasteiger partial charge in [0.2, 0.25) is 6.41 Å². The normalized spacial score (nSPS) is 9.42. The number of benzene rings is 1. The minimum absolute atomic E-state index is 0.771. The fraction of sp³-hybridized carbons (Fsp3) is 0.300. The van der Waals surface area contributed by atoms with Crippen LogP contribution in [0.3, 0.4) is 0 Å². The first kappa shape index (κ1) is 8.78. The second-order valence-electron chi connectivity index (χ2n) is 2.56. The largest absolute Gasteiger partial charge is 0.315 e. The summed E-state index contributed by atoms with van der Waals surface area (Å²) in [7, 11) is 0. The van der Waals surface area contributed by atoms with E-state index in [0.717, 1.165) is 25.1 Å². The predicted octanol–water partition coefficient (Wildman–Crippen LogP) is 1.86. The maximum absolute atomic E-state index is 10.6. The molecule has 0 unspecified atom stereocenters. The lowest BCUT2D eigenvalue weighted by Crippen LogP contribution is -2.21. The zero-order valence-electron chi connectivity index (χ0n) is 7.16. The molecule has 0 saturated heterocycles. The molecule has 1 aromatic carbocycles. The summed E-state index contributed by atoms with van der Waals surface area (Å²) >= 11 is 0. The van der Waals surface area contributed by atoms with Crippen molar-refractivity contribution in [2.24, 2.45) is 0 Å². The zero-order valence-corrected chi connectivity index (χ0v) is 7.16. The molecule has 63 valence electrons. The molecule has 0 fully saturated rings. The Bertz CT molecular complexity index is 233. The summed E-state index contributed by atoms with van der Waals surface area (Å²) in [5.41, 5.74) is 0.936. The van der Waals surface area contributed by atoms with Gasteiger partial charge in [0.1, 0.15) is 0 Å². The minimum atomic E-state index is 0.771. The molecular weight excluding hydrogens is 150 g/mol. The van der Waals surface area contributed by atoms with Crippen LogP contribution >= 0.6 is 0 Å². The highest BCUT2D eigenvalue weighted by molar-refractivity contribution is 5.74. The molecule has 0 N–H and O–H groups in total. The summed E-state index contributed by atoms with van der Waals surface area (Å²) in [5.74, 6) is 0. The van der Waals surface area contributed by atoms with Gasteiger partial charge in [-0.25, -0.2) is 0 Å². The summed E-state index contributed by atoms with van der Waals surface area (Å²) in [5, 5.41) is 0. The Morgan fingerprint density at radius 2 is 2.17 bits per heavy atom. The highest BCUT2D eigenvalue weighted by atomic mass is 16.1. The quantitative estimate of drug-likeness (QED) is 0.619. The predicted molar refractivity (Wildman–Crippen MR) is 49.0 cm³/mol. The summed E-state index contributed by atoms with van der Waals surface area (Å²) in [6.07, 6.45) is 1.83. The highest BCUT2D eigenvalue weighted by Crippen LogP contribution is 2.10. The van der Waals surface area contributed by atoms with Crippen molar-refractivity contribution in [1.29, 1.82) is 0 Å². The number of hydrogen-bond acceptors (Lipinski definition) is 1. The van der Waals surface area contributed by atoms with E-state index in [1.165, 1.54) is 0 Å². The van der Waals surface area contributed by atoms with E-state index in [-0.39, 0.29) is 0 Å². The lowest BCUT2D eigenvalue weighted by atomic mass is 10.3. The van der Waals surface area contributed by atoms with Gasteiger partial charge in [0.05, 0.1) is 0 Å². The first-order valence-electron chi connectivity index (χ1n) is 4.06. The van der Waals surface area contributed by atoms with E-state index in [1.807, 2.05) is 31.2 Å². The van der Waals surface area contributed by atoms with Gasteiger partial charge in [0, 0.05) is 12.2 Å². The summed E-state index contributed by atoms with van der Waals surface area (Å²) in [6.45, 7) is 2.82. The molecule has 1 aromatic rings. The maximum Gasteiger partial charge on any atom is 0.214 e. The lowest BCUT2D eigenvalue weighted by molar-refractivity contribution is -0.107. The summed E-state index contributed by atoms with van der Waals surface area (Å²) < 4.78 is 0. The van der Waals surface area contributed by atoms with Gasteiger partial charge < -0.3 is 4.90 Å². The van der Waals surface area contributed by atoms with E-state index in [4.69, 9.17) is 0 Å². The molecule has 0 aliphatic carbocycles. The van der Waals surface area contributed by atoms with Crippen LogP contribution in [0.25, 0.3) is 0 Å². The smallest absolute Gasteiger partial charge is 0.214 e. The van der Waals surface area contributed by atoms with Gasteiger partial charge in [-0.05, 0) is 24.6 Å². The fourth-order valence-electron chi connectivity index (χ4n) is 1.05. The molecule has 0 bridgehead atoms. The third-order valence-electron chi connectivity index (χ3n) is 1.62. The molecule has 0 aliphatic heterocycles. The standard InChI is InChI=1S/C10H12NO/c1-2-8-11(9-12)10-6-4-3-5-7-10/h4-7,9H,2,8H2,1H3. The number of nitrogens with zero attached hydrogens (tertiary/aromatic N) is 1. The van der Waals surface area contributed by atoms with Crippen molar-refractivity contribution in [1.82, 2.24) is 0 Å². The third kappa shape index (κ3) is 2.09. The molecule has 0 heterocycles. The van der Waals surface area contributed by atoms with Gasteiger partial charge in [0.15, 0.2) is 0 Å². The maximum atomic E-state index is 10.6. The van der Waals surface area contributed by atoms with Crippen molar-refractivity contribution in [3.63, 3.8) is 0 Å². The van der Waals surface area contributed by atoms with Crippen LogP contribution in [0.15, 0.2) is 24.3 Å². The van der Waals surface area contributed by atoms with Gasteiger partial charge in [-0.15, -0.1) is 0 Å². The van der Waals surface area contributed by atoms with E-state index < -0.39 is 0 Å². The van der Waals surface area contributed by atoms with Crippen molar-refractivity contribution < 1.29 is 4.79 Å². The number of anilines is 1. The van der Waals surface area contributed by atoms with Crippen LogP contribution in [-0.2, 0) is 4.79 Å². The number of carbonyl (C=O) groups is 1. The molecule has 0 aromatic heterocycles. The SMILES string of the molecule is CCCN(C=O)c1cc[c]cc1. The highest BCUT2D eigenvalue weighted by Gasteiger charge is 2.00. The number of carbonyl (C=O) groups excluding carboxylic acids is 1. The monoisotopic (exact) mass is 162 g/mol. The second-order valence-corrected chi connectivity index (χ2v) is 2.56. The molecule has 2 nitrogen and oxygen atoms in total. The molecule has 0 atom stereocenters. The van der Waals surface area contributed by atoms with Crippen LogP contribution < -0.4 is 4.90 Å². The van der Waals surface area contributed by atoms with Crippen LogP contribution in [0.2, 0.25) is 0 Å². The average Bonchev–Trinajstić information content (AvgIpc) is 2.15. The Hall–Kier alpha value is -1.31. The van der Waals surface area contributed by atoms with Crippen molar-refractivity contribution in [2.45, 2.75) is 13.3 Å². The van der Waals surface area contributed by atoms with Crippen molar-refractivity contribution in [3.05, 3.63) is 30.3 Å². The van der Waals surface area contributed by atoms with Crippen LogP contribution in [0.4, 0.5) is 5.69 Å². The number of rotatable bonds is 4. The first-order valence-corrected chi connectivity index (χ1v) is 4.06. The van der Waals surface area contributed by atoms with Gasteiger partial charge in [-0.1, -0.05) is 19.1 Å². The topological polar surface area (TPSA) is 20.3 Å². The molecule has 0 aliphatic rings. The van der Waals surface area contributed by atoms with Crippen molar-refractivity contribution >= 4 is 12.1 Å². The van der Waals surface area contributed by atoms with E-state index in [0.29, 0.717) is 0 Å². The zero-order chi connectivity index (χ0) is 8.81. The molecule has 2 heteroatoms. The van der Waals surface area contributed by atoms with Crippen LogP contribution in [0.5, 0.6) is 0 Å². The van der Waals surface area contributed by atoms with E-state index in [1.54, 1.807) is 4.90 Å². The van der Waals surface area contributed by atoms with Gasteiger partial charge in [-0.2, -0.15) is 0 Å². The van der Waals surface area contributed by atoms with Crippen LogP contribution in [0, 0.1) is 6.07 Å². The minimum Gasteiger partial charge on any atom is -0.315 e. The Morgan fingerprint density at radius 3 is 2.67 bits per heavy atom. The van der Waals surface area contributed by atoms with Gasteiger partial charge >= 0.3 is 0 Å². The average molecular weight is 162 g/mol. The Kier molecular flexibility index (Phi) is 3.33. The van der Waals surface area contributed by atoms with Crippen LogP contribution in [-0.4, -0.2) is 13.0 Å². The molecule has 0 spiro atoms. The third-order valence-corrected chi connectivity index (χ3v) is 1.62. The van der Waals surface area contributed by atoms with Crippen molar-refractivity contribution in [3.8, 4) is 0 Å². The van der Waals surface area contributed by atoms with E-state index >= 15 is 0 Å². The molecule has 12 heavy (non-hydrogen) atoms. The first-order chi connectivity index (χ1) is 5.88. The Balaban J connectivity index is 2.73. The molecule has 1 rings (SSSR count). The molecule has 1 amide bonds. The molecule has 1 radical (unpaired) electrons. The summed E-state index contributed by atoms with van der Waals surface area (Å²) in [4.78, 5) is 12.3. The second kappa shape index (κ2) is 4.54. The molecular formula is C10H12NO. The fourth-order valence-corrected chi connectivity index (χ4v) is 1.05. The molecule has 0 saturated carbocycles. The number of hydrogen-bond donors (Lipinski definition) is 0. The Morgan fingerprint density at radius 1 is 1.50 bits per heavy atom. The van der Waals surface area contributed by atoms with E-state index in [2.05, 4.69) is 6.07 Å². The van der Waals surface area contributed by atoms with Gasteiger partial charge in [0.25, 0.3) is 0 Å². The van der Waals surface area contributed by atoms with Crippen LogP contribution in [0.1, 0.15) is 13.3 Å². The lowest BCUT2D eigenvalue weighted by Gasteiger charge is -2.15. The van der Waals surface area contributed by atoms with E-state index in [9.17, 15) is 4.79 Å². The summed E-state index contributed by atoms with van der Waals surface area (Å²) in [6, 6.07) is 10.3. The van der Waals surface area contributed by atoms with Crippen molar-refractivity contribution in [2.75, 3.05) is 11.4 Å². The van der Waals surface area contributed by atoms with Gasteiger partial charge in [-0.3, -0.25) is 4.79 Å². The Labute approximate surface area is 72.8 Å².